The van der Waals surface area contributed by atoms with Gasteiger partial charge >= 0.3 is 5.97 Å². The predicted molar refractivity (Wildman–Crippen MR) is 66.1 cm³/mol. The number of esters is 1. The van der Waals surface area contributed by atoms with Crippen LogP contribution in [0.2, 0.25) is 5.02 Å². The molecule has 0 aliphatic heterocycles. The van der Waals surface area contributed by atoms with Crippen molar-refractivity contribution in [1.82, 2.24) is 0 Å². The van der Waals surface area contributed by atoms with Crippen molar-refractivity contribution in [2.75, 3.05) is 7.11 Å². The molecule has 3 heteroatoms. The standard InChI is InChI=1S/C13H17ClO2/c1-8(2)5-11-9(3)6-10(14)7-12(11)13(15)16-4/h6-8H,5H2,1-4H3. The predicted octanol–water partition coefficient (Wildman–Crippen LogP) is 3.63. The lowest BCUT2D eigenvalue weighted by Crippen LogP contribution is -2.09. The molecule has 0 atom stereocenters. The summed E-state index contributed by atoms with van der Waals surface area (Å²) in [5, 5.41) is 0.574. The van der Waals surface area contributed by atoms with Crippen molar-refractivity contribution in [3.8, 4) is 0 Å². The van der Waals surface area contributed by atoms with E-state index < -0.39 is 0 Å². The van der Waals surface area contributed by atoms with Gasteiger partial charge in [0.1, 0.15) is 0 Å². The van der Waals surface area contributed by atoms with E-state index in [2.05, 4.69) is 13.8 Å². The summed E-state index contributed by atoms with van der Waals surface area (Å²) < 4.78 is 4.77. The molecule has 0 N–H and O–H groups in total. The van der Waals surface area contributed by atoms with Crippen molar-refractivity contribution in [3.05, 3.63) is 33.8 Å². The Kier molecular flexibility index (Phi) is 4.36. The molecule has 0 radical (unpaired) electrons. The SMILES string of the molecule is COC(=O)c1cc(Cl)cc(C)c1CC(C)C. The monoisotopic (exact) mass is 240 g/mol. The minimum absolute atomic E-state index is 0.318. The van der Waals surface area contributed by atoms with Gasteiger partial charge in [-0.05, 0) is 42.5 Å². The summed E-state index contributed by atoms with van der Waals surface area (Å²) in [4.78, 5) is 11.6. The smallest absolute Gasteiger partial charge is 0.338 e. The Morgan fingerprint density at radius 1 is 1.44 bits per heavy atom. The quantitative estimate of drug-likeness (QED) is 0.754. The number of rotatable bonds is 3. The maximum Gasteiger partial charge on any atom is 0.338 e. The third-order valence-electron chi connectivity index (χ3n) is 2.46. The normalized spacial score (nSPS) is 10.6. The summed E-state index contributed by atoms with van der Waals surface area (Å²) in [5.41, 5.74) is 2.66. The molecule has 0 aliphatic rings. The van der Waals surface area contributed by atoms with Crippen LogP contribution in [0.4, 0.5) is 0 Å². The lowest BCUT2D eigenvalue weighted by Gasteiger charge is -2.13. The molecule has 16 heavy (non-hydrogen) atoms. The molecule has 0 aliphatic carbocycles. The van der Waals surface area contributed by atoms with Crippen LogP contribution >= 0.6 is 11.6 Å². The second-order valence-corrected chi connectivity index (χ2v) is 4.77. The van der Waals surface area contributed by atoms with Crippen LogP contribution in [-0.4, -0.2) is 13.1 Å². The zero-order chi connectivity index (χ0) is 12.3. The molecule has 88 valence electrons. The van der Waals surface area contributed by atoms with E-state index in [4.69, 9.17) is 16.3 Å². The maximum absolute atomic E-state index is 11.6. The summed E-state index contributed by atoms with van der Waals surface area (Å²) >= 11 is 5.95. The molecular weight excluding hydrogens is 224 g/mol. The highest BCUT2D eigenvalue weighted by Gasteiger charge is 2.15. The average Bonchev–Trinajstić information content (AvgIpc) is 2.20. The number of carbonyl (C=O) groups is 1. The lowest BCUT2D eigenvalue weighted by molar-refractivity contribution is 0.0599. The highest BCUT2D eigenvalue weighted by Crippen LogP contribution is 2.24. The Hall–Kier alpha value is -1.02. The van der Waals surface area contributed by atoms with E-state index >= 15 is 0 Å². The molecule has 2 nitrogen and oxygen atoms in total. The molecule has 0 saturated carbocycles. The summed E-state index contributed by atoms with van der Waals surface area (Å²) in [6.07, 6.45) is 0.855. The fourth-order valence-electron chi connectivity index (χ4n) is 1.74. The number of methoxy groups -OCH3 is 1. The van der Waals surface area contributed by atoms with Crippen molar-refractivity contribution < 1.29 is 9.53 Å². The van der Waals surface area contributed by atoms with Crippen LogP contribution < -0.4 is 0 Å². The third-order valence-corrected chi connectivity index (χ3v) is 2.67. The van der Waals surface area contributed by atoms with E-state index in [0.717, 1.165) is 17.5 Å². The Balaban J connectivity index is 3.26. The van der Waals surface area contributed by atoms with Gasteiger partial charge in [0.15, 0.2) is 0 Å². The van der Waals surface area contributed by atoms with Gasteiger partial charge in [-0.25, -0.2) is 4.79 Å². The summed E-state index contributed by atoms with van der Waals surface area (Å²) in [7, 11) is 1.39. The largest absolute Gasteiger partial charge is 0.465 e. The minimum atomic E-state index is -0.318. The van der Waals surface area contributed by atoms with Crippen LogP contribution in [0.3, 0.4) is 0 Å². The summed E-state index contributed by atoms with van der Waals surface area (Å²) in [6, 6.07) is 3.56. The van der Waals surface area contributed by atoms with E-state index in [0.29, 0.717) is 16.5 Å². The van der Waals surface area contributed by atoms with E-state index in [1.165, 1.54) is 7.11 Å². The first kappa shape index (κ1) is 13.0. The molecule has 0 bridgehead atoms. The van der Waals surface area contributed by atoms with Crippen molar-refractivity contribution in [2.24, 2.45) is 5.92 Å². The Labute approximate surface area is 102 Å². The second-order valence-electron chi connectivity index (χ2n) is 4.34. The Morgan fingerprint density at radius 2 is 2.06 bits per heavy atom. The Bertz CT molecular complexity index is 397. The van der Waals surface area contributed by atoms with Gasteiger partial charge in [-0.1, -0.05) is 25.4 Å². The first-order chi connectivity index (χ1) is 7.45. The van der Waals surface area contributed by atoms with E-state index in [-0.39, 0.29) is 5.97 Å². The maximum atomic E-state index is 11.6. The third kappa shape index (κ3) is 2.99. The van der Waals surface area contributed by atoms with Crippen LogP contribution in [0.25, 0.3) is 0 Å². The molecule has 0 amide bonds. The minimum Gasteiger partial charge on any atom is -0.465 e. The number of carbonyl (C=O) groups excluding carboxylic acids is 1. The fourth-order valence-corrected chi connectivity index (χ4v) is 2.02. The molecule has 0 spiro atoms. The van der Waals surface area contributed by atoms with Gasteiger partial charge in [0.05, 0.1) is 12.7 Å². The first-order valence-electron chi connectivity index (χ1n) is 5.33. The number of ether oxygens (including phenoxy) is 1. The lowest BCUT2D eigenvalue weighted by atomic mass is 9.94. The van der Waals surface area contributed by atoms with Crippen LogP contribution in [-0.2, 0) is 11.2 Å². The van der Waals surface area contributed by atoms with Gasteiger partial charge in [-0.2, -0.15) is 0 Å². The molecule has 0 aromatic heterocycles. The molecule has 0 fully saturated rings. The van der Waals surface area contributed by atoms with E-state index in [9.17, 15) is 4.79 Å². The highest BCUT2D eigenvalue weighted by molar-refractivity contribution is 6.31. The Morgan fingerprint density at radius 3 is 2.56 bits per heavy atom. The molecule has 1 aromatic rings. The van der Waals surface area contributed by atoms with Crippen molar-refractivity contribution in [2.45, 2.75) is 27.2 Å². The fraction of sp³-hybridized carbons (Fsp3) is 0.462. The molecule has 0 heterocycles. The number of hydrogen-bond donors (Lipinski definition) is 0. The van der Waals surface area contributed by atoms with Gasteiger partial charge in [0.25, 0.3) is 0 Å². The van der Waals surface area contributed by atoms with Crippen LogP contribution in [0, 0.1) is 12.8 Å². The zero-order valence-electron chi connectivity index (χ0n) is 10.1. The number of aryl methyl sites for hydroxylation is 1. The number of hydrogen-bond acceptors (Lipinski definition) is 2. The molecule has 1 rings (SSSR count). The highest BCUT2D eigenvalue weighted by atomic mass is 35.5. The first-order valence-corrected chi connectivity index (χ1v) is 5.70. The number of benzene rings is 1. The van der Waals surface area contributed by atoms with Gasteiger partial charge in [-0.3, -0.25) is 0 Å². The van der Waals surface area contributed by atoms with Crippen molar-refractivity contribution in [3.63, 3.8) is 0 Å². The molecule has 0 unspecified atom stereocenters. The van der Waals surface area contributed by atoms with E-state index in [1.807, 2.05) is 13.0 Å². The van der Waals surface area contributed by atoms with E-state index in [1.54, 1.807) is 6.07 Å². The topological polar surface area (TPSA) is 26.3 Å². The van der Waals surface area contributed by atoms with Gasteiger partial charge < -0.3 is 4.74 Å². The van der Waals surface area contributed by atoms with Gasteiger partial charge in [-0.15, -0.1) is 0 Å². The molecule has 1 aromatic carbocycles. The second kappa shape index (κ2) is 5.35. The van der Waals surface area contributed by atoms with Crippen molar-refractivity contribution in [1.29, 1.82) is 0 Å². The van der Waals surface area contributed by atoms with Crippen LogP contribution in [0.15, 0.2) is 12.1 Å². The van der Waals surface area contributed by atoms with Gasteiger partial charge in [0.2, 0.25) is 0 Å². The average molecular weight is 241 g/mol. The van der Waals surface area contributed by atoms with Crippen molar-refractivity contribution >= 4 is 17.6 Å². The molecular formula is C13H17ClO2. The molecule has 0 saturated heterocycles. The summed E-state index contributed by atoms with van der Waals surface area (Å²) in [6.45, 7) is 6.21. The number of halogens is 1. The van der Waals surface area contributed by atoms with Crippen LogP contribution in [0.5, 0.6) is 0 Å². The van der Waals surface area contributed by atoms with Gasteiger partial charge in [0, 0.05) is 5.02 Å². The summed E-state index contributed by atoms with van der Waals surface area (Å²) in [5.74, 6) is 0.171. The van der Waals surface area contributed by atoms with Crippen LogP contribution in [0.1, 0.15) is 35.3 Å². The zero-order valence-corrected chi connectivity index (χ0v) is 10.9.